The Balaban J connectivity index is 1.71. The molecule has 3 aromatic heterocycles. The second-order valence-electron chi connectivity index (χ2n) is 7.96. The van der Waals surface area contributed by atoms with E-state index in [2.05, 4.69) is 30.9 Å². The molecule has 0 saturated heterocycles. The van der Waals surface area contributed by atoms with Gasteiger partial charge in [-0.1, -0.05) is 0 Å². The van der Waals surface area contributed by atoms with Crippen molar-refractivity contribution in [3.05, 3.63) is 53.7 Å². The van der Waals surface area contributed by atoms with Gasteiger partial charge >= 0.3 is 0 Å². The van der Waals surface area contributed by atoms with E-state index in [0.29, 0.717) is 17.9 Å². The molecule has 7 nitrogen and oxygen atoms in total. The van der Waals surface area contributed by atoms with Crippen LogP contribution in [0.4, 0.5) is 5.69 Å². The van der Waals surface area contributed by atoms with Gasteiger partial charge in [-0.2, -0.15) is 5.10 Å². The largest absolute Gasteiger partial charge is 0.495 e. The molecule has 0 aromatic carbocycles. The maximum Gasteiger partial charge on any atom is 0.260 e. The van der Waals surface area contributed by atoms with Crippen LogP contribution in [0.3, 0.4) is 0 Å². The molecule has 4 rings (SSSR count). The summed E-state index contributed by atoms with van der Waals surface area (Å²) in [4.78, 5) is 23.7. The van der Waals surface area contributed by atoms with E-state index in [1.165, 1.54) is 0 Å². The summed E-state index contributed by atoms with van der Waals surface area (Å²) >= 11 is 0. The molecule has 0 N–H and O–H groups in total. The number of fused-ring (bicyclic) bond motifs is 1. The van der Waals surface area contributed by atoms with Crippen molar-refractivity contribution < 1.29 is 9.53 Å². The van der Waals surface area contributed by atoms with E-state index >= 15 is 0 Å². The Kier molecular flexibility index (Phi) is 4.18. The lowest BCUT2D eigenvalue weighted by atomic mass is 10.1. The lowest BCUT2D eigenvalue weighted by molar-refractivity contribution is 0.0996. The molecule has 0 aliphatic carbocycles. The van der Waals surface area contributed by atoms with E-state index in [4.69, 9.17) is 9.72 Å². The average Bonchev–Trinajstić information content (AvgIpc) is 3.26. The van der Waals surface area contributed by atoms with Crippen molar-refractivity contribution in [1.82, 2.24) is 19.7 Å². The van der Waals surface area contributed by atoms with Crippen LogP contribution in [0.5, 0.6) is 5.75 Å². The number of anilines is 1. The third-order valence-corrected chi connectivity index (χ3v) is 4.87. The molecule has 0 bridgehead atoms. The van der Waals surface area contributed by atoms with Gasteiger partial charge in [0, 0.05) is 18.0 Å². The monoisotopic (exact) mass is 377 g/mol. The van der Waals surface area contributed by atoms with Gasteiger partial charge in [-0.15, -0.1) is 0 Å². The molecule has 4 heterocycles. The first-order chi connectivity index (χ1) is 13.3. The highest BCUT2D eigenvalue weighted by atomic mass is 16.5. The highest BCUT2D eigenvalue weighted by Crippen LogP contribution is 2.32. The zero-order valence-electron chi connectivity index (χ0n) is 16.7. The topological polar surface area (TPSA) is 73.1 Å². The molecular weight excluding hydrogens is 354 g/mol. The third-order valence-electron chi connectivity index (χ3n) is 4.87. The predicted molar refractivity (Wildman–Crippen MR) is 106 cm³/mol. The number of aryl methyl sites for hydroxylation is 1. The number of aromatic nitrogens is 4. The normalized spacial score (nSPS) is 13.8. The highest BCUT2D eigenvalue weighted by Gasteiger charge is 2.33. The van der Waals surface area contributed by atoms with Gasteiger partial charge < -0.3 is 4.74 Å². The highest BCUT2D eigenvalue weighted by molar-refractivity contribution is 6.10. The van der Waals surface area contributed by atoms with E-state index in [1.807, 2.05) is 29.9 Å². The SMILES string of the molecule is COc1cncc(-c2cc(C)c3c(n2)CN(c2cnn(C(C)(C)C)c2)C3=O)c1. The van der Waals surface area contributed by atoms with Gasteiger partial charge in [0.25, 0.3) is 5.91 Å². The van der Waals surface area contributed by atoms with Crippen molar-refractivity contribution in [2.24, 2.45) is 0 Å². The summed E-state index contributed by atoms with van der Waals surface area (Å²) in [5, 5.41) is 4.42. The van der Waals surface area contributed by atoms with Crippen molar-refractivity contribution in [3.63, 3.8) is 0 Å². The average molecular weight is 377 g/mol. The molecule has 7 heteroatoms. The smallest absolute Gasteiger partial charge is 0.260 e. The fourth-order valence-corrected chi connectivity index (χ4v) is 3.35. The minimum absolute atomic E-state index is 0.0382. The number of rotatable bonds is 3. The van der Waals surface area contributed by atoms with E-state index < -0.39 is 0 Å². The zero-order valence-corrected chi connectivity index (χ0v) is 16.7. The second kappa shape index (κ2) is 6.44. The summed E-state index contributed by atoms with van der Waals surface area (Å²) < 4.78 is 7.13. The maximum absolute atomic E-state index is 13.0. The fourth-order valence-electron chi connectivity index (χ4n) is 3.35. The molecule has 1 aliphatic rings. The predicted octanol–water partition coefficient (Wildman–Crippen LogP) is 3.57. The Bertz CT molecular complexity index is 1060. The Labute approximate surface area is 164 Å². The van der Waals surface area contributed by atoms with Crippen LogP contribution < -0.4 is 9.64 Å². The van der Waals surface area contributed by atoms with Crippen molar-refractivity contribution in [2.45, 2.75) is 39.8 Å². The molecule has 28 heavy (non-hydrogen) atoms. The number of carbonyl (C=O) groups is 1. The number of amides is 1. The first-order valence-electron chi connectivity index (χ1n) is 9.15. The number of hydrogen-bond donors (Lipinski definition) is 0. The summed E-state index contributed by atoms with van der Waals surface area (Å²) in [6.07, 6.45) is 7.05. The molecule has 0 radical (unpaired) electrons. The van der Waals surface area contributed by atoms with Gasteiger partial charge in [-0.3, -0.25) is 24.3 Å². The van der Waals surface area contributed by atoms with Crippen molar-refractivity contribution in [3.8, 4) is 17.0 Å². The number of ether oxygens (including phenoxy) is 1. The number of pyridine rings is 2. The Morgan fingerprint density at radius 2 is 1.93 bits per heavy atom. The molecule has 1 amide bonds. The fraction of sp³-hybridized carbons (Fsp3) is 0.333. The molecule has 0 fully saturated rings. The van der Waals surface area contributed by atoms with Crippen LogP contribution in [-0.4, -0.2) is 32.8 Å². The summed E-state index contributed by atoms with van der Waals surface area (Å²) in [6.45, 7) is 8.59. The van der Waals surface area contributed by atoms with Gasteiger partial charge in [0.05, 0.1) is 54.2 Å². The molecule has 144 valence electrons. The maximum atomic E-state index is 13.0. The standard InChI is InChI=1S/C21H23N5O2/c1-13-6-17(14-7-16(28-5)10-22-8-14)24-18-12-25(20(27)19(13)18)15-9-23-26(11-15)21(2,3)4/h6-11H,12H2,1-5H3. The molecule has 1 aliphatic heterocycles. The first kappa shape index (κ1) is 18.2. The van der Waals surface area contributed by atoms with Crippen LogP contribution in [0.1, 0.15) is 42.4 Å². The number of nitrogens with zero attached hydrogens (tertiary/aromatic N) is 5. The lowest BCUT2D eigenvalue weighted by Gasteiger charge is -2.19. The Morgan fingerprint density at radius 3 is 2.61 bits per heavy atom. The van der Waals surface area contributed by atoms with Gasteiger partial charge in [-0.05, 0) is 45.4 Å². The lowest BCUT2D eigenvalue weighted by Crippen LogP contribution is -2.24. The van der Waals surface area contributed by atoms with Crippen LogP contribution in [-0.2, 0) is 12.1 Å². The van der Waals surface area contributed by atoms with E-state index in [0.717, 1.165) is 28.2 Å². The summed E-state index contributed by atoms with van der Waals surface area (Å²) in [7, 11) is 1.61. The van der Waals surface area contributed by atoms with Gasteiger partial charge in [0.1, 0.15) is 5.75 Å². The molecule has 0 atom stereocenters. The molecule has 0 spiro atoms. The number of methoxy groups -OCH3 is 1. The minimum atomic E-state index is -0.144. The van der Waals surface area contributed by atoms with Crippen LogP contribution in [0.15, 0.2) is 36.9 Å². The molecular formula is C21H23N5O2. The Hall–Kier alpha value is -3.22. The number of hydrogen-bond acceptors (Lipinski definition) is 5. The van der Waals surface area contributed by atoms with Crippen molar-refractivity contribution >= 4 is 11.6 Å². The van der Waals surface area contributed by atoms with Gasteiger partial charge in [-0.25, -0.2) is 0 Å². The first-order valence-corrected chi connectivity index (χ1v) is 9.15. The summed E-state index contributed by atoms with van der Waals surface area (Å²) in [5.41, 5.74) is 4.61. The molecule has 3 aromatic rings. The van der Waals surface area contributed by atoms with Gasteiger partial charge in [0.15, 0.2) is 0 Å². The number of carbonyl (C=O) groups excluding carboxylic acids is 1. The van der Waals surface area contributed by atoms with Crippen LogP contribution in [0.2, 0.25) is 0 Å². The minimum Gasteiger partial charge on any atom is -0.495 e. The quantitative estimate of drug-likeness (QED) is 0.698. The molecule has 0 saturated carbocycles. The van der Waals surface area contributed by atoms with Crippen LogP contribution >= 0.6 is 0 Å². The van der Waals surface area contributed by atoms with Gasteiger partial charge in [0.2, 0.25) is 0 Å². The van der Waals surface area contributed by atoms with Crippen molar-refractivity contribution in [2.75, 3.05) is 12.0 Å². The molecule has 0 unspecified atom stereocenters. The van der Waals surface area contributed by atoms with E-state index in [9.17, 15) is 4.79 Å². The zero-order chi connectivity index (χ0) is 20.1. The second-order valence-corrected chi connectivity index (χ2v) is 7.96. The van der Waals surface area contributed by atoms with Crippen LogP contribution in [0.25, 0.3) is 11.3 Å². The van der Waals surface area contributed by atoms with E-state index in [1.54, 1.807) is 30.6 Å². The van der Waals surface area contributed by atoms with Crippen LogP contribution in [0, 0.1) is 6.92 Å². The summed E-state index contributed by atoms with van der Waals surface area (Å²) in [6, 6.07) is 3.82. The summed E-state index contributed by atoms with van der Waals surface area (Å²) in [5.74, 6) is 0.633. The third kappa shape index (κ3) is 3.02. The van der Waals surface area contributed by atoms with Crippen molar-refractivity contribution in [1.29, 1.82) is 0 Å². The van der Waals surface area contributed by atoms with E-state index in [-0.39, 0.29) is 11.4 Å². The Morgan fingerprint density at radius 1 is 1.14 bits per heavy atom.